The van der Waals surface area contributed by atoms with Gasteiger partial charge in [-0.3, -0.25) is 9.59 Å². The standard InChI is InChI=1S/C13H16ClNO4S/c1-19-6-5-15(8-12(16)17)13(18)10-7-9(20-2)3-4-11(10)14/h3-4,7H,5-6,8H2,1-2H3,(H,16,17). The molecule has 20 heavy (non-hydrogen) atoms. The monoisotopic (exact) mass is 317 g/mol. The molecule has 7 heteroatoms. The van der Waals surface area contributed by atoms with Crippen LogP contribution >= 0.6 is 23.4 Å². The molecule has 1 amide bonds. The van der Waals surface area contributed by atoms with E-state index >= 15 is 0 Å². The number of halogens is 1. The fraction of sp³-hybridized carbons (Fsp3) is 0.385. The third-order valence-corrected chi connectivity index (χ3v) is 3.64. The van der Waals surface area contributed by atoms with Gasteiger partial charge in [-0.2, -0.15) is 0 Å². The Balaban J connectivity index is 3.00. The van der Waals surface area contributed by atoms with Gasteiger partial charge < -0.3 is 14.7 Å². The second-order valence-electron chi connectivity index (χ2n) is 3.96. The maximum absolute atomic E-state index is 12.4. The van der Waals surface area contributed by atoms with E-state index in [4.69, 9.17) is 21.4 Å². The van der Waals surface area contributed by atoms with Crippen LogP contribution in [0.5, 0.6) is 0 Å². The second-order valence-corrected chi connectivity index (χ2v) is 5.25. The van der Waals surface area contributed by atoms with Crippen LogP contribution in [-0.4, -0.2) is 54.9 Å². The molecule has 1 aromatic carbocycles. The number of carbonyl (C=O) groups is 2. The minimum absolute atomic E-state index is 0.196. The van der Waals surface area contributed by atoms with Gasteiger partial charge in [0, 0.05) is 18.6 Å². The number of hydrogen-bond acceptors (Lipinski definition) is 4. The highest BCUT2D eigenvalue weighted by molar-refractivity contribution is 7.98. The van der Waals surface area contributed by atoms with Gasteiger partial charge in [0.15, 0.2) is 0 Å². The molecule has 0 heterocycles. The number of carboxylic acids is 1. The zero-order valence-electron chi connectivity index (χ0n) is 11.3. The number of aliphatic carboxylic acids is 1. The van der Waals surface area contributed by atoms with E-state index in [0.717, 1.165) is 4.90 Å². The maximum Gasteiger partial charge on any atom is 0.323 e. The van der Waals surface area contributed by atoms with Gasteiger partial charge in [-0.05, 0) is 24.5 Å². The molecule has 110 valence electrons. The fourth-order valence-electron chi connectivity index (χ4n) is 1.58. The topological polar surface area (TPSA) is 66.8 Å². The average Bonchev–Trinajstić information content (AvgIpc) is 2.43. The second kappa shape index (κ2) is 8.14. The van der Waals surface area contributed by atoms with E-state index in [1.165, 1.54) is 23.8 Å². The molecule has 5 nitrogen and oxygen atoms in total. The summed E-state index contributed by atoms with van der Waals surface area (Å²) in [5.41, 5.74) is 0.302. The lowest BCUT2D eigenvalue weighted by Crippen LogP contribution is -2.38. The summed E-state index contributed by atoms with van der Waals surface area (Å²) >= 11 is 7.51. The van der Waals surface area contributed by atoms with Crippen molar-refractivity contribution in [2.24, 2.45) is 0 Å². The molecule has 0 fully saturated rings. The van der Waals surface area contributed by atoms with E-state index in [2.05, 4.69) is 0 Å². The summed E-state index contributed by atoms with van der Waals surface area (Å²) < 4.78 is 4.89. The number of amides is 1. The lowest BCUT2D eigenvalue weighted by atomic mass is 10.2. The van der Waals surface area contributed by atoms with Gasteiger partial charge >= 0.3 is 5.97 Å². The molecule has 1 aromatic rings. The molecule has 0 radical (unpaired) electrons. The predicted molar refractivity (Wildman–Crippen MR) is 78.6 cm³/mol. The van der Waals surface area contributed by atoms with E-state index in [9.17, 15) is 9.59 Å². The van der Waals surface area contributed by atoms with Gasteiger partial charge in [-0.25, -0.2) is 0 Å². The molecular formula is C13H16ClNO4S. The summed E-state index contributed by atoms with van der Waals surface area (Å²) in [5, 5.41) is 9.18. The highest BCUT2D eigenvalue weighted by atomic mass is 35.5. The van der Waals surface area contributed by atoms with Crippen LogP contribution in [0.1, 0.15) is 10.4 Å². The van der Waals surface area contributed by atoms with E-state index in [-0.39, 0.29) is 19.7 Å². The number of thioether (sulfide) groups is 1. The van der Waals surface area contributed by atoms with Gasteiger partial charge in [0.05, 0.1) is 17.2 Å². The zero-order chi connectivity index (χ0) is 15.1. The normalized spacial score (nSPS) is 10.3. The van der Waals surface area contributed by atoms with Crippen molar-refractivity contribution < 1.29 is 19.4 Å². The number of carboxylic acid groups (broad SMARTS) is 1. The van der Waals surface area contributed by atoms with Crippen LogP contribution < -0.4 is 0 Å². The molecule has 0 atom stereocenters. The van der Waals surface area contributed by atoms with E-state index in [1.54, 1.807) is 18.2 Å². The molecule has 0 saturated heterocycles. The van der Waals surface area contributed by atoms with Crippen molar-refractivity contribution >= 4 is 35.2 Å². The van der Waals surface area contributed by atoms with Crippen molar-refractivity contribution in [1.82, 2.24) is 4.90 Å². The number of benzene rings is 1. The predicted octanol–water partition coefficient (Wildman–Crippen LogP) is 2.24. The molecular weight excluding hydrogens is 302 g/mol. The number of nitrogens with zero attached hydrogens (tertiary/aromatic N) is 1. The van der Waals surface area contributed by atoms with Crippen LogP contribution in [0.25, 0.3) is 0 Å². The molecule has 0 aliphatic carbocycles. The number of carbonyl (C=O) groups excluding carboxylic acids is 1. The van der Waals surface area contributed by atoms with E-state index < -0.39 is 11.9 Å². The Labute approximate surface area is 126 Å². The zero-order valence-corrected chi connectivity index (χ0v) is 12.8. The van der Waals surface area contributed by atoms with Crippen LogP contribution in [-0.2, 0) is 9.53 Å². The first-order valence-corrected chi connectivity index (χ1v) is 7.43. The van der Waals surface area contributed by atoms with Crippen molar-refractivity contribution in [2.45, 2.75) is 4.90 Å². The lowest BCUT2D eigenvalue weighted by Gasteiger charge is -2.21. The molecule has 1 N–H and O–H groups in total. The van der Waals surface area contributed by atoms with Gasteiger partial charge in [0.1, 0.15) is 6.54 Å². The Morgan fingerprint density at radius 1 is 1.45 bits per heavy atom. The molecule has 0 aromatic heterocycles. The lowest BCUT2D eigenvalue weighted by molar-refractivity contribution is -0.137. The summed E-state index contributed by atoms with van der Waals surface area (Å²) in [4.78, 5) is 25.3. The summed E-state index contributed by atoms with van der Waals surface area (Å²) in [6.45, 7) is 0.0718. The summed E-state index contributed by atoms with van der Waals surface area (Å²) in [5.74, 6) is -1.49. The van der Waals surface area contributed by atoms with Gasteiger partial charge in [0.25, 0.3) is 5.91 Å². The summed E-state index contributed by atoms with van der Waals surface area (Å²) in [6, 6.07) is 5.10. The Kier molecular flexibility index (Phi) is 6.84. The highest BCUT2D eigenvalue weighted by Crippen LogP contribution is 2.24. The van der Waals surface area contributed by atoms with Crippen molar-refractivity contribution in [3.05, 3.63) is 28.8 Å². The van der Waals surface area contributed by atoms with Gasteiger partial charge in [0.2, 0.25) is 0 Å². The number of hydrogen-bond donors (Lipinski definition) is 1. The quantitative estimate of drug-likeness (QED) is 0.781. The molecule has 0 aliphatic rings. The number of rotatable bonds is 7. The smallest absolute Gasteiger partial charge is 0.323 e. The third-order valence-electron chi connectivity index (χ3n) is 2.58. The molecule has 0 unspecified atom stereocenters. The van der Waals surface area contributed by atoms with Gasteiger partial charge in [-0.15, -0.1) is 11.8 Å². The first-order chi connectivity index (χ1) is 9.49. The summed E-state index contributed by atoms with van der Waals surface area (Å²) in [6.07, 6.45) is 1.89. The Hall–Kier alpha value is -1.24. The fourth-order valence-corrected chi connectivity index (χ4v) is 2.22. The SMILES string of the molecule is COCCN(CC(=O)O)C(=O)c1cc(SC)ccc1Cl. The minimum atomic E-state index is -1.08. The molecule has 1 rings (SSSR count). The Bertz CT molecular complexity index is 495. The molecule has 0 aliphatic heterocycles. The molecule has 0 bridgehead atoms. The maximum atomic E-state index is 12.4. The largest absolute Gasteiger partial charge is 0.480 e. The number of methoxy groups -OCH3 is 1. The first-order valence-electron chi connectivity index (χ1n) is 5.83. The Morgan fingerprint density at radius 3 is 2.70 bits per heavy atom. The van der Waals surface area contributed by atoms with Crippen LogP contribution in [0.3, 0.4) is 0 Å². The minimum Gasteiger partial charge on any atom is -0.480 e. The van der Waals surface area contributed by atoms with Crippen molar-refractivity contribution in [3.63, 3.8) is 0 Å². The Morgan fingerprint density at radius 2 is 2.15 bits per heavy atom. The van der Waals surface area contributed by atoms with E-state index in [0.29, 0.717) is 10.6 Å². The first kappa shape index (κ1) is 16.8. The van der Waals surface area contributed by atoms with Crippen molar-refractivity contribution in [3.8, 4) is 0 Å². The van der Waals surface area contributed by atoms with Crippen LogP contribution in [0.4, 0.5) is 0 Å². The average molecular weight is 318 g/mol. The van der Waals surface area contributed by atoms with E-state index in [1.807, 2.05) is 6.26 Å². The molecule has 0 saturated carbocycles. The number of ether oxygens (including phenoxy) is 1. The van der Waals surface area contributed by atoms with Crippen LogP contribution in [0.15, 0.2) is 23.1 Å². The van der Waals surface area contributed by atoms with Crippen LogP contribution in [0, 0.1) is 0 Å². The molecule has 0 spiro atoms. The highest BCUT2D eigenvalue weighted by Gasteiger charge is 2.20. The van der Waals surface area contributed by atoms with Gasteiger partial charge in [-0.1, -0.05) is 11.6 Å². The van der Waals surface area contributed by atoms with Crippen LogP contribution in [0.2, 0.25) is 5.02 Å². The van der Waals surface area contributed by atoms with Crippen molar-refractivity contribution in [2.75, 3.05) is 33.1 Å². The van der Waals surface area contributed by atoms with Crippen molar-refractivity contribution in [1.29, 1.82) is 0 Å². The summed E-state index contributed by atoms with van der Waals surface area (Å²) in [7, 11) is 1.49. The third kappa shape index (κ3) is 4.70.